The van der Waals surface area contributed by atoms with Crippen molar-refractivity contribution < 1.29 is 42.4 Å². The van der Waals surface area contributed by atoms with Gasteiger partial charge < -0.3 is 39.3 Å². The first kappa shape index (κ1) is 36.0. The summed E-state index contributed by atoms with van der Waals surface area (Å²) in [6.07, 6.45) is 0.304. The number of halogens is 3. The van der Waals surface area contributed by atoms with Gasteiger partial charge in [-0.3, -0.25) is 4.79 Å². The van der Waals surface area contributed by atoms with Gasteiger partial charge >= 0.3 is 12.1 Å². The van der Waals surface area contributed by atoms with Gasteiger partial charge in [-0.2, -0.15) is 0 Å². The van der Waals surface area contributed by atoms with Gasteiger partial charge in [0.1, 0.15) is 34.3 Å². The molecule has 1 aromatic heterocycles. The molecule has 256 valence electrons. The van der Waals surface area contributed by atoms with Gasteiger partial charge in [-0.15, -0.1) is 0 Å². The summed E-state index contributed by atoms with van der Waals surface area (Å²) in [5.41, 5.74) is -1.60. The third kappa shape index (κ3) is 7.80. The number of esters is 1. The summed E-state index contributed by atoms with van der Waals surface area (Å²) in [5.74, 6) is -1.59. The van der Waals surface area contributed by atoms with Gasteiger partial charge in [-0.25, -0.2) is 18.4 Å². The van der Waals surface area contributed by atoms with Crippen molar-refractivity contribution in [1.82, 2.24) is 9.88 Å². The molecule has 1 amide bonds. The predicted octanol–water partition coefficient (Wildman–Crippen LogP) is 6.25. The standard InChI is InChI=1S/C34H36ClF2N3O8/c1-7-47-32(43)23-16-40(30-21(31(23)42)12-24(36)22(29(30)35)15-39-33(44)48-34(2,3)4)27-13-26(25(37)10-19(27)17-41)38-14-18-8-9-20(45-5)11-28(18)46-6/h8-13,16,38,41H,7,14-15,17H2,1-6H3,(H,39,44). The number of carbonyl (C=O) groups excluding carboxylic acids is 2. The minimum atomic E-state index is -0.983. The number of hydrogen-bond donors (Lipinski definition) is 3. The van der Waals surface area contributed by atoms with Crippen LogP contribution in [0.4, 0.5) is 19.3 Å². The second-order valence-corrected chi connectivity index (χ2v) is 11.9. The van der Waals surface area contributed by atoms with Crippen LogP contribution in [0.2, 0.25) is 5.02 Å². The molecule has 1 heterocycles. The van der Waals surface area contributed by atoms with Gasteiger partial charge in [0, 0.05) is 35.5 Å². The summed E-state index contributed by atoms with van der Waals surface area (Å²) in [4.78, 5) is 38.8. The molecule has 0 unspecified atom stereocenters. The van der Waals surface area contributed by atoms with Gasteiger partial charge in [0.2, 0.25) is 5.43 Å². The van der Waals surface area contributed by atoms with Crippen molar-refractivity contribution in [3.8, 4) is 17.2 Å². The minimum Gasteiger partial charge on any atom is -0.497 e. The highest BCUT2D eigenvalue weighted by Crippen LogP contribution is 2.34. The Balaban J connectivity index is 1.91. The number of benzene rings is 3. The van der Waals surface area contributed by atoms with E-state index >= 15 is 8.78 Å². The summed E-state index contributed by atoms with van der Waals surface area (Å²) >= 11 is 6.77. The Morgan fingerprint density at radius 1 is 1.00 bits per heavy atom. The monoisotopic (exact) mass is 687 g/mol. The molecule has 0 saturated carbocycles. The lowest BCUT2D eigenvalue weighted by atomic mass is 10.0. The number of pyridine rings is 1. The van der Waals surface area contributed by atoms with Gasteiger partial charge in [0.15, 0.2) is 0 Å². The molecule has 3 N–H and O–H groups in total. The van der Waals surface area contributed by atoms with E-state index in [1.54, 1.807) is 45.9 Å². The first-order chi connectivity index (χ1) is 22.7. The number of methoxy groups -OCH3 is 2. The van der Waals surface area contributed by atoms with Gasteiger partial charge in [-0.05, 0) is 58.0 Å². The van der Waals surface area contributed by atoms with E-state index in [4.69, 9.17) is 30.5 Å². The van der Waals surface area contributed by atoms with Crippen molar-refractivity contribution in [2.75, 3.05) is 26.1 Å². The SMILES string of the molecule is CCOC(=O)c1cn(-c2cc(NCc3ccc(OC)cc3OC)c(F)cc2CO)c2c(Cl)c(CNC(=O)OC(C)(C)C)c(F)cc2c1=O. The molecule has 48 heavy (non-hydrogen) atoms. The number of anilines is 1. The van der Waals surface area contributed by atoms with Crippen LogP contribution < -0.4 is 25.5 Å². The maximum Gasteiger partial charge on any atom is 0.407 e. The molecule has 4 rings (SSSR count). The zero-order chi connectivity index (χ0) is 35.3. The van der Waals surface area contributed by atoms with Crippen molar-refractivity contribution in [2.45, 2.75) is 53.0 Å². The average Bonchev–Trinajstić information content (AvgIpc) is 3.03. The Morgan fingerprint density at radius 3 is 2.35 bits per heavy atom. The molecular formula is C34H36ClF2N3O8. The third-order valence-electron chi connectivity index (χ3n) is 7.14. The average molecular weight is 688 g/mol. The molecule has 0 spiro atoms. The number of ether oxygens (including phenoxy) is 4. The molecule has 0 saturated heterocycles. The lowest BCUT2D eigenvalue weighted by molar-refractivity contribution is 0.0513. The normalized spacial score (nSPS) is 11.3. The highest BCUT2D eigenvalue weighted by Gasteiger charge is 2.25. The van der Waals surface area contributed by atoms with E-state index in [1.807, 2.05) is 0 Å². The van der Waals surface area contributed by atoms with E-state index in [9.17, 15) is 19.5 Å². The van der Waals surface area contributed by atoms with Crippen LogP contribution in [0, 0.1) is 11.6 Å². The van der Waals surface area contributed by atoms with Crippen LogP contribution in [0.25, 0.3) is 16.6 Å². The van der Waals surface area contributed by atoms with Crippen molar-refractivity contribution in [3.05, 3.63) is 91.7 Å². The molecule has 3 aromatic carbocycles. The van der Waals surface area contributed by atoms with Gasteiger partial charge in [0.25, 0.3) is 0 Å². The topological polar surface area (TPSA) is 137 Å². The number of amides is 1. The Bertz CT molecular complexity index is 1920. The van der Waals surface area contributed by atoms with E-state index < -0.39 is 53.4 Å². The number of rotatable bonds is 11. The smallest absolute Gasteiger partial charge is 0.407 e. The lowest BCUT2D eigenvalue weighted by Crippen LogP contribution is -2.32. The number of aliphatic hydroxyl groups excluding tert-OH is 1. The Kier molecular flexibility index (Phi) is 11.2. The number of fused-ring (bicyclic) bond motifs is 1. The fourth-order valence-corrected chi connectivity index (χ4v) is 5.26. The Morgan fingerprint density at radius 2 is 1.73 bits per heavy atom. The molecular weight excluding hydrogens is 652 g/mol. The van der Waals surface area contributed by atoms with Crippen LogP contribution in [0.5, 0.6) is 11.5 Å². The molecule has 0 radical (unpaired) electrons. The van der Waals surface area contributed by atoms with Gasteiger partial charge in [-0.1, -0.05) is 11.6 Å². The molecule has 0 aliphatic rings. The number of nitrogens with one attached hydrogen (secondary N) is 2. The molecule has 0 aliphatic heterocycles. The first-order valence-corrected chi connectivity index (χ1v) is 15.2. The summed E-state index contributed by atoms with van der Waals surface area (Å²) in [6, 6.07) is 8.47. The van der Waals surface area contributed by atoms with Crippen LogP contribution in [0.15, 0.2) is 47.4 Å². The minimum absolute atomic E-state index is 0.0188. The highest BCUT2D eigenvalue weighted by molar-refractivity contribution is 6.36. The van der Waals surface area contributed by atoms with Crippen LogP contribution in [-0.2, 0) is 29.2 Å². The number of aliphatic hydroxyl groups is 1. The fourth-order valence-electron chi connectivity index (χ4n) is 4.91. The number of carbonyl (C=O) groups is 2. The summed E-state index contributed by atoms with van der Waals surface area (Å²) in [7, 11) is 3.00. The van der Waals surface area contributed by atoms with E-state index in [1.165, 1.54) is 24.9 Å². The van der Waals surface area contributed by atoms with Crippen molar-refractivity contribution in [1.29, 1.82) is 0 Å². The highest BCUT2D eigenvalue weighted by atomic mass is 35.5. The van der Waals surface area contributed by atoms with Crippen molar-refractivity contribution >= 4 is 40.3 Å². The molecule has 0 aliphatic carbocycles. The second-order valence-electron chi connectivity index (χ2n) is 11.5. The summed E-state index contributed by atoms with van der Waals surface area (Å²) in [6.45, 7) is 5.51. The number of alkyl carbamates (subject to hydrolysis) is 1. The lowest BCUT2D eigenvalue weighted by Gasteiger charge is -2.21. The summed E-state index contributed by atoms with van der Waals surface area (Å²) < 4.78 is 53.2. The second kappa shape index (κ2) is 14.9. The zero-order valence-corrected chi connectivity index (χ0v) is 28.0. The zero-order valence-electron chi connectivity index (χ0n) is 27.3. The van der Waals surface area contributed by atoms with E-state index in [-0.39, 0.29) is 51.6 Å². The Labute approximate surface area is 280 Å². The molecule has 0 atom stereocenters. The Hall–Kier alpha value is -4.88. The third-order valence-corrected chi connectivity index (χ3v) is 7.55. The van der Waals surface area contributed by atoms with Crippen LogP contribution in [0.1, 0.15) is 54.7 Å². The molecule has 0 bridgehead atoms. The van der Waals surface area contributed by atoms with Crippen LogP contribution >= 0.6 is 11.6 Å². The first-order valence-electron chi connectivity index (χ1n) is 14.8. The number of aromatic nitrogens is 1. The predicted molar refractivity (Wildman–Crippen MR) is 176 cm³/mol. The quantitative estimate of drug-likeness (QED) is 0.156. The van der Waals surface area contributed by atoms with Crippen molar-refractivity contribution in [3.63, 3.8) is 0 Å². The number of nitrogens with zero attached hydrogens (tertiary/aromatic N) is 1. The van der Waals surface area contributed by atoms with Crippen LogP contribution in [0.3, 0.4) is 0 Å². The van der Waals surface area contributed by atoms with E-state index in [2.05, 4.69) is 10.6 Å². The molecule has 14 heteroatoms. The van der Waals surface area contributed by atoms with E-state index in [0.717, 1.165) is 18.3 Å². The number of hydrogen-bond acceptors (Lipinski definition) is 9. The summed E-state index contributed by atoms with van der Waals surface area (Å²) in [5, 5.41) is 15.2. The fraction of sp³-hybridized carbons (Fsp3) is 0.324. The van der Waals surface area contributed by atoms with Gasteiger partial charge in [0.05, 0.1) is 61.3 Å². The maximum atomic E-state index is 15.5. The molecule has 11 nitrogen and oxygen atoms in total. The molecule has 0 fully saturated rings. The van der Waals surface area contributed by atoms with Crippen LogP contribution in [-0.4, -0.2) is 48.2 Å². The maximum absolute atomic E-state index is 15.5. The molecule has 4 aromatic rings. The largest absolute Gasteiger partial charge is 0.497 e. The van der Waals surface area contributed by atoms with E-state index in [0.29, 0.717) is 17.1 Å². The van der Waals surface area contributed by atoms with Crippen molar-refractivity contribution in [2.24, 2.45) is 0 Å².